The number of halogens is 2. The first-order chi connectivity index (χ1) is 8.98. The molecule has 0 saturated heterocycles. The number of aryl methyl sites for hydroxylation is 1. The van der Waals surface area contributed by atoms with E-state index < -0.39 is 25.0 Å². The van der Waals surface area contributed by atoms with E-state index in [-0.39, 0.29) is 0 Å². The Labute approximate surface area is 111 Å². The van der Waals surface area contributed by atoms with Gasteiger partial charge in [-0.25, -0.2) is 8.78 Å². The summed E-state index contributed by atoms with van der Waals surface area (Å²) in [5.74, 6) is -3.84. The lowest BCUT2D eigenvalue weighted by Gasteiger charge is -2.14. The second kappa shape index (κ2) is 7.19. The molecule has 19 heavy (non-hydrogen) atoms. The molecule has 2 N–H and O–H groups in total. The molecular formula is C14H19F2NO2. The molecule has 0 aliphatic carbocycles. The molecule has 1 amide bonds. The van der Waals surface area contributed by atoms with Crippen molar-refractivity contribution in [1.29, 1.82) is 0 Å². The Balaban J connectivity index is 2.53. The van der Waals surface area contributed by atoms with Crippen molar-refractivity contribution >= 4 is 5.91 Å². The van der Waals surface area contributed by atoms with Crippen molar-refractivity contribution in [3.05, 3.63) is 35.4 Å². The van der Waals surface area contributed by atoms with E-state index in [0.29, 0.717) is 5.56 Å². The average molecular weight is 271 g/mol. The molecule has 1 aromatic carbocycles. The first-order valence-electron chi connectivity index (χ1n) is 6.34. The van der Waals surface area contributed by atoms with Gasteiger partial charge < -0.3 is 10.4 Å². The lowest BCUT2D eigenvalue weighted by atomic mass is 10.1. The number of aliphatic hydroxyl groups excluding tert-OH is 1. The van der Waals surface area contributed by atoms with E-state index in [1.54, 1.807) is 12.1 Å². The van der Waals surface area contributed by atoms with E-state index >= 15 is 0 Å². The molecule has 0 bridgehead atoms. The van der Waals surface area contributed by atoms with Crippen LogP contribution in [0.25, 0.3) is 0 Å². The minimum absolute atomic E-state index is 0.342. The maximum Gasteiger partial charge on any atom is 0.287 e. The molecular weight excluding hydrogens is 252 g/mol. The number of rotatable bonds is 7. The van der Waals surface area contributed by atoms with Gasteiger partial charge in [-0.05, 0) is 30.5 Å². The molecule has 3 nitrogen and oxygen atoms in total. The van der Waals surface area contributed by atoms with Gasteiger partial charge in [0.25, 0.3) is 11.8 Å². The number of alkyl halides is 2. The third-order valence-electron chi connectivity index (χ3n) is 2.77. The molecule has 106 valence electrons. The zero-order valence-corrected chi connectivity index (χ0v) is 11.0. The molecule has 0 aromatic heterocycles. The highest BCUT2D eigenvalue weighted by atomic mass is 19.3. The van der Waals surface area contributed by atoms with Crippen molar-refractivity contribution in [2.24, 2.45) is 0 Å². The second-order valence-electron chi connectivity index (χ2n) is 4.50. The molecule has 1 rings (SSSR count). The van der Waals surface area contributed by atoms with Gasteiger partial charge in [0.1, 0.15) is 6.61 Å². The fraction of sp³-hybridized carbons (Fsp3) is 0.500. The molecule has 5 heteroatoms. The van der Waals surface area contributed by atoms with Crippen LogP contribution in [0.3, 0.4) is 0 Å². The van der Waals surface area contributed by atoms with Gasteiger partial charge in [0.2, 0.25) is 0 Å². The molecule has 1 aromatic rings. The van der Waals surface area contributed by atoms with Crippen LogP contribution in [-0.2, 0) is 6.42 Å². The highest BCUT2D eigenvalue weighted by Crippen LogP contribution is 2.11. The van der Waals surface area contributed by atoms with Gasteiger partial charge in [-0.2, -0.15) is 0 Å². The van der Waals surface area contributed by atoms with E-state index in [4.69, 9.17) is 5.11 Å². The zero-order valence-electron chi connectivity index (χ0n) is 11.0. The Morgan fingerprint density at radius 2 is 1.95 bits per heavy atom. The first kappa shape index (κ1) is 15.6. The second-order valence-corrected chi connectivity index (χ2v) is 4.50. The summed E-state index contributed by atoms with van der Waals surface area (Å²) < 4.78 is 25.5. The molecule has 0 spiro atoms. The lowest BCUT2D eigenvalue weighted by molar-refractivity contribution is -0.0462. The number of aliphatic hydroxyl groups is 1. The Hall–Kier alpha value is -1.49. The van der Waals surface area contributed by atoms with Crippen molar-refractivity contribution in [2.75, 3.05) is 13.2 Å². The Morgan fingerprint density at radius 1 is 1.32 bits per heavy atom. The summed E-state index contributed by atoms with van der Waals surface area (Å²) in [4.78, 5) is 11.6. The van der Waals surface area contributed by atoms with Crippen molar-refractivity contribution in [2.45, 2.75) is 32.1 Å². The number of nitrogens with one attached hydrogen (secondary N) is 1. The molecule has 0 aliphatic rings. The largest absolute Gasteiger partial charge is 0.390 e. The van der Waals surface area contributed by atoms with E-state index in [1.807, 2.05) is 12.1 Å². The number of amides is 1. The molecule has 0 fully saturated rings. The van der Waals surface area contributed by atoms with E-state index in [0.717, 1.165) is 24.8 Å². The number of hydrogen-bond donors (Lipinski definition) is 2. The Morgan fingerprint density at radius 3 is 2.47 bits per heavy atom. The highest BCUT2D eigenvalue weighted by molar-refractivity contribution is 5.94. The van der Waals surface area contributed by atoms with Crippen LogP contribution in [0.15, 0.2) is 24.3 Å². The third kappa shape index (κ3) is 5.34. The predicted molar refractivity (Wildman–Crippen MR) is 69.4 cm³/mol. The molecule has 0 aliphatic heterocycles. The van der Waals surface area contributed by atoms with Gasteiger partial charge in [-0.3, -0.25) is 4.79 Å². The predicted octanol–water partition coefficient (Wildman–Crippen LogP) is 2.39. The van der Waals surface area contributed by atoms with Crippen molar-refractivity contribution < 1.29 is 18.7 Å². The van der Waals surface area contributed by atoms with Crippen LogP contribution in [-0.4, -0.2) is 30.1 Å². The van der Waals surface area contributed by atoms with Gasteiger partial charge in [0.15, 0.2) is 0 Å². The van der Waals surface area contributed by atoms with Gasteiger partial charge in [0.05, 0.1) is 6.54 Å². The molecule has 0 atom stereocenters. The summed E-state index contributed by atoms with van der Waals surface area (Å²) in [5, 5.41) is 10.5. The number of hydrogen-bond acceptors (Lipinski definition) is 2. The third-order valence-corrected chi connectivity index (χ3v) is 2.77. The van der Waals surface area contributed by atoms with Gasteiger partial charge in [-0.15, -0.1) is 0 Å². The van der Waals surface area contributed by atoms with Gasteiger partial charge >= 0.3 is 0 Å². The minimum atomic E-state index is -3.28. The van der Waals surface area contributed by atoms with Crippen LogP contribution >= 0.6 is 0 Å². The molecule has 0 radical (unpaired) electrons. The Bertz CT molecular complexity index is 404. The minimum Gasteiger partial charge on any atom is -0.390 e. The van der Waals surface area contributed by atoms with Crippen LogP contribution < -0.4 is 5.32 Å². The zero-order chi connectivity index (χ0) is 14.3. The normalized spacial score (nSPS) is 11.4. The van der Waals surface area contributed by atoms with Crippen molar-refractivity contribution in [3.63, 3.8) is 0 Å². The van der Waals surface area contributed by atoms with E-state index in [9.17, 15) is 13.6 Å². The average Bonchev–Trinajstić information content (AvgIpc) is 2.43. The molecule has 0 saturated carbocycles. The summed E-state index contributed by atoms with van der Waals surface area (Å²) in [5.41, 5.74) is 1.47. The topological polar surface area (TPSA) is 49.3 Å². The van der Waals surface area contributed by atoms with Crippen LogP contribution in [0.2, 0.25) is 0 Å². The van der Waals surface area contributed by atoms with E-state index in [2.05, 4.69) is 12.2 Å². The summed E-state index contributed by atoms with van der Waals surface area (Å²) >= 11 is 0. The van der Waals surface area contributed by atoms with E-state index in [1.165, 1.54) is 0 Å². The van der Waals surface area contributed by atoms with Gasteiger partial charge in [-0.1, -0.05) is 25.5 Å². The Kier molecular flexibility index (Phi) is 5.89. The van der Waals surface area contributed by atoms with Crippen LogP contribution in [0.5, 0.6) is 0 Å². The monoisotopic (exact) mass is 271 g/mol. The maximum absolute atomic E-state index is 12.8. The van der Waals surface area contributed by atoms with Gasteiger partial charge in [0, 0.05) is 5.56 Å². The summed E-state index contributed by atoms with van der Waals surface area (Å²) in [6, 6.07) is 6.90. The summed E-state index contributed by atoms with van der Waals surface area (Å²) in [6.07, 6.45) is 3.12. The number of carbonyl (C=O) groups excluding carboxylic acids is 1. The summed E-state index contributed by atoms with van der Waals surface area (Å²) in [6.45, 7) is -0.0354. The number of unbranched alkanes of at least 4 members (excludes halogenated alkanes) is 1. The maximum atomic E-state index is 12.8. The van der Waals surface area contributed by atoms with Crippen LogP contribution in [0, 0.1) is 0 Å². The SMILES string of the molecule is CCCCc1ccc(C(=O)NCC(F)(F)CO)cc1. The lowest BCUT2D eigenvalue weighted by Crippen LogP contribution is -2.38. The number of benzene rings is 1. The van der Waals surface area contributed by atoms with Crippen molar-refractivity contribution in [3.8, 4) is 0 Å². The first-order valence-corrected chi connectivity index (χ1v) is 6.34. The van der Waals surface area contributed by atoms with Crippen molar-refractivity contribution in [1.82, 2.24) is 5.32 Å². The quantitative estimate of drug-likeness (QED) is 0.800. The highest BCUT2D eigenvalue weighted by Gasteiger charge is 2.28. The summed E-state index contributed by atoms with van der Waals surface area (Å²) in [7, 11) is 0. The van der Waals surface area contributed by atoms with Crippen LogP contribution in [0.4, 0.5) is 8.78 Å². The standard InChI is InChI=1S/C14H19F2NO2/c1-2-3-4-11-5-7-12(8-6-11)13(19)17-9-14(15,16)10-18/h5-8,18H,2-4,9-10H2,1H3,(H,17,19). The fourth-order valence-corrected chi connectivity index (χ4v) is 1.57. The molecule has 0 heterocycles. The smallest absolute Gasteiger partial charge is 0.287 e. The molecule has 0 unspecified atom stereocenters. The number of carbonyl (C=O) groups is 1. The fourth-order valence-electron chi connectivity index (χ4n) is 1.57. The van der Waals surface area contributed by atoms with Crippen LogP contribution in [0.1, 0.15) is 35.7 Å².